The molecule has 2 atom stereocenters. The van der Waals surface area contributed by atoms with Crippen LogP contribution >= 0.6 is 0 Å². The van der Waals surface area contributed by atoms with Crippen LogP contribution in [-0.2, 0) is 4.74 Å². The lowest BCUT2D eigenvalue weighted by Crippen LogP contribution is -2.12. The van der Waals surface area contributed by atoms with Gasteiger partial charge in [-0.2, -0.15) is 0 Å². The van der Waals surface area contributed by atoms with Crippen LogP contribution in [0.4, 0.5) is 0 Å². The number of ether oxygens (including phenoxy) is 1. The van der Waals surface area contributed by atoms with Gasteiger partial charge in [-0.15, -0.1) is 0 Å². The zero-order chi connectivity index (χ0) is 9.97. The second-order valence-electron chi connectivity index (χ2n) is 3.80. The quantitative estimate of drug-likeness (QED) is 0.773. The van der Waals surface area contributed by atoms with Gasteiger partial charge in [0.25, 0.3) is 0 Å². The first kappa shape index (κ1) is 9.62. The van der Waals surface area contributed by atoms with Crippen LogP contribution in [-0.4, -0.2) is 23.3 Å². The number of aromatic nitrogens is 1. The molecule has 2 rings (SSSR count). The maximum Gasteiger partial charge on any atom is 0.0842 e. The molecule has 76 valence electrons. The minimum absolute atomic E-state index is 0.247. The van der Waals surface area contributed by atoms with E-state index in [1.54, 1.807) is 6.20 Å². The molecule has 0 amide bonds. The number of aliphatic hydroxyl groups excluding tert-OH is 1. The van der Waals surface area contributed by atoms with Crippen molar-refractivity contribution >= 4 is 0 Å². The van der Waals surface area contributed by atoms with Gasteiger partial charge >= 0.3 is 0 Å². The largest absolute Gasteiger partial charge is 0.388 e. The number of hydrogen-bond donors (Lipinski definition) is 1. The highest BCUT2D eigenvalue weighted by Gasteiger charge is 2.25. The summed E-state index contributed by atoms with van der Waals surface area (Å²) in [6.45, 7) is 3.37. The molecular formula is C11H15NO2. The Bertz CT molecular complexity index is 308. The van der Waals surface area contributed by atoms with E-state index in [-0.39, 0.29) is 5.92 Å². The Labute approximate surface area is 83.7 Å². The van der Waals surface area contributed by atoms with Crippen LogP contribution < -0.4 is 0 Å². The van der Waals surface area contributed by atoms with Crippen LogP contribution in [0.2, 0.25) is 0 Å². The average Bonchev–Trinajstić information content (AvgIpc) is 2.69. The van der Waals surface area contributed by atoms with E-state index in [4.69, 9.17) is 4.74 Å². The lowest BCUT2D eigenvalue weighted by Gasteiger charge is -2.16. The van der Waals surface area contributed by atoms with E-state index >= 15 is 0 Å². The molecule has 3 nitrogen and oxygen atoms in total. The number of aliphatic hydroxyl groups is 1. The molecule has 0 radical (unpaired) electrons. The van der Waals surface area contributed by atoms with Crippen LogP contribution in [0.1, 0.15) is 23.8 Å². The molecule has 3 heteroatoms. The van der Waals surface area contributed by atoms with Crippen molar-refractivity contribution in [2.45, 2.75) is 19.4 Å². The molecule has 1 saturated heterocycles. The summed E-state index contributed by atoms with van der Waals surface area (Å²) in [5, 5.41) is 10.0. The third kappa shape index (κ3) is 1.94. The third-order valence-corrected chi connectivity index (χ3v) is 2.67. The van der Waals surface area contributed by atoms with E-state index in [2.05, 4.69) is 4.98 Å². The van der Waals surface area contributed by atoms with Crippen molar-refractivity contribution in [3.63, 3.8) is 0 Å². The topological polar surface area (TPSA) is 42.4 Å². The molecule has 0 aromatic carbocycles. The zero-order valence-electron chi connectivity index (χ0n) is 8.31. The summed E-state index contributed by atoms with van der Waals surface area (Å²) in [5.41, 5.74) is 1.90. The Balaban J connectivity index is 2.13. The van der Waals surface area contributed by atoms with Crippen LogP contribution in [0.3, 0.4) is 0 Å². The van der Waals surface area contributed by atoms with Crippen molar-refractivity contribution < 1.29 is 9.84 Å². The molecule has 14 heavy (non-hydrogen) atoms. The van der Waals surface area contributed by atoms with E-state index in [1.165, 1.54) is 0 Å². The lowest BCUT2D eigenvalue weighted by molar-refractivity contribution is 0.0917. The molecule has 1 fully saturated rings. The van der Waals surface area contributed by atoms with Crippen LogP contribution in [0.25, 0.3) is 0 Å². The maximum absolute atomic E-state index is 10.0. The SMILES string of the molecule is Cc1cc(C(O)C2CCOC2)ccn1. The van der Waals surface area contributed by atoms with Crippen LogP contribution in [0.15, 0.2) is 18.3 Å². The Morgan fingerprint density at radius 2 is 2.50 bits per heavy atom. The van der Waals surface area contributed by atoms with E-state index < -0.39 is 6.10 Å². The van der Waals surface area contributed by atoms with Gasteiger partial charge in [0.15, 0.2) is 0 Å². The fraction of sp³-hybridized carbons (Fsp3) is 0.545. The predicted molar refractivity (Wildman–Crippen MR) is 52.9 cm³/mol. The molecule has 0 bridgehead atoms. The minimum atomic E-state index is -0.404. The van der Waals surface area contributed by atoms with Gasteiger partial charge in [0.1, 0.15) is 0 Å². The molecule has 1 N–H and O–H groups in total. The van der Waals surface area contributed by atoms with E-state index in [0.29, 0.717) is 6.61 Å². The lowest BCUT2D eigenvalue weighted by atomic mass is 9.95. The molecule has 1 aromatic rings. The molecule has 1 aliphatic heterocycles. The van der Waals surface area contributed by atoms with Crippen molar-refractivity contribution in [1.29, 1.82) is 0 Å². The van der Waals surface area contributed by atoms with Crippen molar-refractivity contribution in [1.82, 2.24) is 4.98 Å². The van der Waals surface area contributed by atoms with Crippen molar-refractivity contribution in [2.75, 3.05) is 13.2 Å². The highest BCUT2D eigenvalue weighted by atomic mass is 16.5. The maximum atomic E-state index is 10.0. The minimum Gasteiger partial charge on any atom is -0.388 e. The van der Waals surface area contributed by atoms with Gasteiger partial charge in [0, 0.05) is 24.4 Å². The Morgan fingerprint density at radius 3 is 3.14 bits per heavy atom. The van der Waals surface area contributed by atoms with E-state index in [1.807, 2.05) is 19.1 Å². The van der Waals surface area contributed by atoms with Gasteiger partial charge in [0.05, 0.1) is 12.7 Å². The summed E-state index contributed by atoms with van der Waals surface area (Å²) >= 11 is 0. The summed E-state index contributed by atoms with van der Waals surface area (Å²) in [6, 6.07) is 3.80. The first-order chi connectivity index (χ1) is 6.77. The standard InChI is InChI=1S/C11H15NO2/c1-8-6-9(2-4-12-8)11(13)10-3-5-14-7-10/h2,4,6,10-11,13H,3,5,7H2,1H3. The Kier molecular flexibility index (Phi) is 2.79. The Hall–Kier alpha value is -0.930. The van der Waals surface area contributed by atoms with Crippen molar-refractivity contribution in [2.24, 2.45) is 5.92 Å². The number of pyridine rings is 1. The van der Waals surface area contributed by atoms with Gasteiger partial charge in [0.2, 0.25) is 0 Å². The number of aryl methyl sites for hydroxylation is 1. The third-order valence-electron chi connectivity index (χ3n) is 2.67. The molecule has 1 aromatic heterocycles. The second kappa shape index (κ2) is 4.07. The Morgan fingerprint density at radius 1 is 1.64 bits per heavy atom. The van der Waals surface area contributed by atoms with Gasteiger partial charge in [-0.05, 0) is 31.0 Å². The molecule has 0 saturated carbocycles. The van der Waals surface area contributed by atoms with Gasteiger partial charge in [-0.25, -0.2) is 0 Å². The van der Waals surface area contributed by atoms with Crippen molar-refractivity contribution in [3.8, 4) is 0 Å². The monoisotopic (exact) mass is 193 g/mol. The summed E-state index contributed by atoms with van der Waals surface area (Å²) < 4.78 is 5.25. The van der Waals surface area contributed by atoms with E-state index in [0.717, 1.165) is 24.3 Å². The normalized spacial score (nSPS) is 23.7. The summed E-state index contributed by atoms with van der Waals surface area (Å²) in [5.74, 6) is 0.247. The molecule has 2 unspecified atom stereocenters. The fourth-order valence-corrected chi connectivity index (χ4v) is 1.83. The van der Waals surface area contributed by atoms with E-state index in [9.17, 15) is 5.11 Å². The first-order valence-corrected chi connectivity index (χ1v) is 4.96. The highest BCUT2D eigenvalue weighted by Crippen LogP contribution is 2.28. The number of nitrogens with zero attached hydrogens (tertiary/aromatic N) is 1. The number of rotatable bonds is 2. The molecule has 1 aliphatic rings. The number of hydrogen-bond acceptors (Lipinski definition) is 3. The fourth-order valence-electron chi connectivity index (χ4n) is 1.83. The summed E-state index contributed by atoms with van der Waals surface area (Å²) in [7, 11) is 0. The van der Waals surface area contributed by atoms with Crippen LogP contribution in [0, 0.1) is 12.8 Å². The molecular weight excluding hydrogens is 178 g/mol. The molecule has 0 aliphatic carbocycles. The summed E-state index contributed by atoms with van der Waals surface area (Å²) in [4.78, 5) is 4.11. The van der Waals surface area contributed by atoms with Crippen molar-refractivity contribution in [3.05, 3.63) is 29.6 Å². The zero-order valence-corrected chi connectivity index (χ0v) is 8.31. The first-order valence-electron chi connectivity index (χ1n) is 4.96. The van der Waals surface area contributed by atoms with Gasteiger partial charge in [-0.3, -0.25) is 4.98 Å². The van der Waals surface area contributed by atoms with Gasteiger partial charge < -0.3 is 9.84 Å². The van der Waals surface area contributed by atoms with Gasteiger partial charge in [-0.1, -0.05) is 0 Å². The summed E-state index contributed by atoms with van der Waals surface area (Å²) in [6.07, 6.45) is 2.28. The second-order valence-corrected chi connectivity index (χ2v) is 3.80. The molecule has 2 heterocycles. The molecule has 0 spiro atoms. The average molecular weight is 193 g/mol. The smallest absolute Gasteiger partial charge is 0.0842 e. The van der Waals surface area contributed by atoms with Crippen LogP contribution in [0.5, 0.6) is 0 Å². The highest BCUT2D eigenvalue weighted by molar-refractivity contribution is 5.18. The predicted octanol–water partition coefficient (Wildman–Crippen LogP) is 1.46.